The largest absolute Gasteiger partial charge is 0.374 e. The van der Waals surface area contributed by atoms with E-state index in [4.69, 9.17) is 4.74 Å². The van der Waals surface area contributed by atoms with Crippen LogP contribution in [0.25, 0.3) is 0 Å². The third-order valence-electron chi connectivity index (χ3n) is 1.61. The van der Waals surface area contributed by atoms with Gasteiger partial charge in [-0.1, -0.05) is 38.7 Å². The molecule has 0 aliphatic rings. The van der Waals surface area contributed by atoms with Crippen LogP contribution < -0.4 is 0 Å². The van der Waals surface area contributed by atoms with Crippen LogP contribution in [0.3, 0.4) is 0 Å². The molecule has 0 rings (SSSR count). The minimum absolute atomic E-state index is 0.421. The summed E-state index contributed by atoms with van der Waals surface area (Å²) in [5.74, 6) is 0. The van der Waals surface area contributed by atoms with E-state index < -0.39 is 0 Å². The van der Waals surface area contributed by atoms with Gasteiger partial charge in [0, 0.05) is 0 Å². The van der Waals surface area contributed by atoms with E-state index in [1.165, 1.54) is 0 Å². The lowest BCUT2D eigenvalue weighted by Gasteiger charge is -2.11. The van der Waals surface area contributed by atoms with Crippen molar-refractivity contribution in [1.29, 1.82) is 0 Å². The highest BCUT2D eigenvalue weighted by atomic mass is 16.5. The first-order valence-electron chi connectivity index (χ1n) is 4.24. The van der Waals surface area contributed by atoms with E-state index in [1.54, 1.807) is 6.08 Å². The monoisotopic (exact) mass is 154 g/mol. The van der Waals surface area contributed by atoms with Crippen LogP contribution in [-0.4, -0.2) is 12.7 Å². The molecule has 0 heterocycles. The van der Waals surface area contributed by atoms with Crippen LogP contribution in [0.2, 0.25) is 0 Å². The highest BCUT2D eigenvalue weighted by Crippen LogP contribution is 2.01. The van der Waals surface area contributed by atoms with Crippen molar-refractivity contribution in [2.24, 2.45) is 0 Å². The second-order valence-electron chi connectivity index (χ2n) is 2.44. The van der Waals surface area contributed by atoms with Crippen LogP contribution in [0.1, 0.15) is 26.7 Å². The van der Waals surface area contributed by atoms with E-state index in [0.717, 1.165) is 12.8 Å². The second kappa shape index (κ2) is 7.55. The van der Waals surface area contributed by atoms with E-state index in [9.17, 15) is 0 Å². The molecular formula is C10H18O. The number of hydrogen-bond acceptors (Lipinski definition) is 1. The Morgan fingerprint density at radius 2 is 2.00 bits per heavy atom. The molecular weight excluding hydrogens is 136 g/mol. The van der Waals surface area contributed by atoms with Gasteiger partial charge < -0.3 is 4.74 Å². The molecule has 0 aromatic rings. The fourth-order valence-electron chi connectivity index (χ4n) is 0.868. The first-order chi connectivity index (χ1) is 5.35. The van der Waals surface area contributed by atoms with Gasteiger partial charge in [-0.05, 0) is 12.8 Å². The Morgan fingerprint density at radius 3 is 2.45 bits per heavy atom. The quantitative estimate of drug-likeness (QED) is 0.534. The Balaban J connectivity index is 3.34. The van der Waals surface area contributed by atoms with Crippen molar-refractivity contribution in [3.05, 3.63) is 24.8 Å². The third kappa shape index (κ3) is 5.86. The lowest BCUT2D eigenvalue weighted by Crippen LogP contribution is -2.09. The van der Waals surface area contributed by atoms with E-state index in [2.05, 4.69) is 20.4 Å². The van der Waals surface area contributed by atoms with Gasteiger partial charge in [-0.15, -0.1) is 0 Å². The van der Waals surface area contributed by atoms with Crippen molar-refractivity contribution < 1.29 is 4.74 Å². The maximum Gasteiger partial charge on any atom is 0.0654 e. The molecule has 0 saturated carbocycles. The van der Waals surface area contributed by atoms with Crippen molar-refractivity contribution in [1.82, 2.24) is 0 Å². The molecule has 0 bridgehead atoms. The van der Waals surface area contributed by atoms with Crippen molar-refractivity contribution in [3.8, 4) is 0 Å². The topological polar surface area (TPSA) is 9.23 Å². The summed E-state index contributed by atoms with van der Waals surface area (Å²) in [6.07, 6.45) is 8.25. The Labute approximate surface area is 69.8 Å². The molecule has 64 valence electrons. The van der Waals surface area contributed by atoms with Crippen LogP contribution in [0.5, 0.6) is 0 Å². The van der Waals surface area contributed by atoms with Gasteiger partial charge in [0.15, 0.2) is 0 Å². The zero-order chi connectivity index (χ0) is 8.53. The van der Waals surface area contributed by atoms with Crippen molar-refractivity contribution in [2.75, 3.05) is 6.61 Å². The number of hydrogen-bond donors (Lipinski definition) is 0. The molecule has 0 aliphatic carbocycles. The first-order valence-corrected chi connectivity index (χ1v) is 4.24. The predicted octanol–water partition coefficient (Wildman–Crippen LogP) is 2.93. The molecule has 0 aromatic heterocycles. The minimum Gasteiger partial charge on any atom is -0.374 e. The standard InChI is InChI=1S/C10H18O/c1-4-7-8-9-11-10(5-2)6-3/h4,7-8,10H,1,5-6,9H2,2-3H3/b8-7+. The van der Waals surface area contributed by atoms with Crippen LogP contribution in [0.15, 0.2) is 24.8 Å². The highest BCUT2D eigenvalue weighted by Gasteiger charge is 1.99. The molecule has 0 amide bonds. The molecule has 0 radical (unpaired) electrons. The molecule has 0 saturated heterocycles. The molecule has 0 aliphatic heterocycles. The van der Waals surface area contributed by atoms with Gasteiger partial charge >= 0.3 is 0 Å². The van der Waals surface area contributed by atoms with E-state index in [-0.39, 0.29) is 0 Å². The SMILES string of the molecule is C=C/C=C/COC(CC)CC. The summed E-state index contributed by atoms with van der Waals surface area (Å²) < 4.78 is 5.51. The molecule has 0 spiro atoms. The maximum atomic E-state index is 5.51. The third-order valence-corrected chi connectivity index (χ3v) is 1.61. The molecule has 0 unspecified atom stereocenters. The minimum atomic E-state index is 0.421. The number of ether oxygens (including phenoxy) is 1. The summed E-state index contributed by atoms with van der Waals surface area (Å²) in [6, 6.07) is 0. The number of allylic oxidation sites excluding steroid dienone is 2. The second-order valence-corrected chi connectivity index (χ2v) is 2.44. The fraction of sp³-hybridized carbons (Fsp3) is 0.600. The van der Waals surface area contributed by atoms with E-state index in [0.29, 0.717) is 12.7 Å². The van der Waals surface area contributed by atoms with Crippen LogP contribution in [-0.2, 0) is 4.74 Å². The Morgan fingerprint density at radius 1 is 1.36 bits per heavy atom. The molecule has 0 atom stereocenters. The lowest BCUT2D eigenvalue weighted by molar-refractivity contribution is 0.0688. The van der Waals surface area contributed by atoms with Gasteiger partial charge in [0.1, 0.15) is 0 Å². The predicted molar refractivity (Wildman–Crippen MR) is 49.7 cm³/mol. The van der Waals surface area contributed by atoms with Gasteiger partial charge in [-0.2, -0.15) is 0 Å². The van der Waals surface area contributed by atoms with Crippen molar-refractivity contribution >= 4 is 0 Å². The lowest BCUT2D eigenvalue weighted by atomic mass is 10.2. The summed E-state index contributed by atoms with van der Waals surface area (Å²) in [4.78, 5) is 0. The fourth-order valence-corrected chi connectivity index (χ4v) is 0.868. The zero-order valence-electron chi connectivity index (χ0n) is 7.55. The Hall–Kier alpha value is -0.560. The van der Waals surface area contributed by atoms with E-state index in [1.807, 2.05) is 12.2 Å². The van der Waals surface area contributed by atoms with Gasteiger partial charge in [-0.3, -0.25) is 0 Å². The summed E-state index contributed by atoms with van der Waals surface area (Å²) in [6.45, 7) is 8.57. The van der Waals surface area contributed by atoms with Crippen LogP contribution in [0, 0.1) is 0 Å². The highest BCUT2D eigenvalue weighted by molar-refractivity contribution is 4.97. The van der Waals surface area contributed by atoms with Gasteiger partial charge in [0.2, 0.25) is 0 Å². The normalized spacial score (nSPS) is 11.2. The van der Waals surface area contributed by atoms with Gasteiger partial charge in [0.25, 0.3) is 0 Å². The Bertz CT molecular complexity index is 112. The number of rotatable bonds is 6. The van der Waals surface area contributed by atoms with E-state index >= 15 is 0 Å². The summed E-state index contributed by atoms with van der Waals surface area (Å²) in [5, 5.41) is 0. The smallest absolute Gasteiger partial charge is 0.0654 e. The van der Waals surface area contributed by atoms with Crippen molar-refractivity contribution in [3.63, 3.8) is 0 Å². The average Bonchev–Trinajstić information content (AvgIpc) is 2.05. The molecule has 11 heavy (non-hydrogen) atoms. The van der Waals surface area contributed by atoms with Gasteiger partial charge in [0.05, 0.1) is 12.7 Å². The maximum absolute atomic E-state index is 5.51. The van der Waals surface area contributed by atoms with Crippen LogP contribution >= 0.6 is 0 Å². The Kier molecular flexibility index (Phi) is 7.16. The summed E-state index contributed by atoms with van der Waals surface area (Å²) in [5.41, 5.74) is 0. The molecule has 0 N–H and O–H groups in total. The summed E-state index contributed by atoms with van der Waals surface area (Å²) >= 11 is 0. The molecule has 0 fully saturated rings. The molecule has 0 aromatic carbocycles. The van der Waals surface area contributed by atoms with Gasteiger partial charge in [-0.25, -0.2) is 0 Å². The molecule has 1 heteroatoms. The molecule has 1 nitrogen and oxygen atoms in total. The average molecular weight is 154 g/mol. The van der Waals surface area contributed by atoms with Crippen molar-refractivity contribution in [2.45, 2.75) is 32.8 Å². The first kappa shape index (κ1) is 10.4. The summed E-state index contributed by atoms with van der Waals surface area (Å²) in [7, 11) is 0. The van der Waals surface area contributed by atoms with Crippen LogP contribution in [0.4, 0.5) is 0 Å². The zero-order valence-corrected chi connectivity index (χ0v) is 7.55.